The van der Waals surface area contributed by atoms with Gasteiger partial charge in [0, 0.05) is 17.9 Å². The van der Waals surface area contributed by atoms with Crippen LogP contribution >= 0.6 is 0 Å². The van der Waals surface area contributed by atoms with Crippen molar-refractivity contribution in [1.29, 1.82) is 0 Å². The molecule has 0 amide bonds. The molecule has 1 aliphatic carbocycles. The quantitative estimate of drug-likeness (QED) is 0.676. The molecule has 2 aliphatic rings. The summed E-state index contributed by atoms with van der Waals surface area (Å²) in [7, 11) is 0. The highest BCUT2D eigenvalue weighted by Crippen LogP contribution is 2.48. The van der Waals surface area contributed by atoms with Crippen LogP contribution in [0.1, 0.15) is 56.0 Å². The molecule has 1 aromatic rings. The first-order valence-electron chi connectivity index (χ1n) is 8.31. The number of hydrogen-bond donors (Lipinski definition) is 1. The molecule has 4 nitrogen and oxygen atoms in total. The number of carbonyl (C=O) groups is 1. The van der Waals surface area contributed by atoms with Crippen LogP contribution in [0.3, 0.4) is 0 Å². The summed E-state index contributed by atoms with van der Waals surface area (Å²) in [6.45, 7) is 6.34. The van der Waals surface area contributed by atoms with Crippen molar-refractivity contribution in [3.05, 3.63) is 34.9 Å². The fraction of sp³-hybridized carbons (Fsp3) is 0.526. The number of rotatable bonds is 3. The Kier molecular flexibility index (Phi) is 4.09. The number of aromatic hydroxyl groups is 1. The summed E-state index contributed by atoms with van der Waals surface area (Å²) in [6, 6.07) is 3.15. The topological polar surface area (TPSA) is 55.8 Å². The minimum absolute atomic E-state index is 0.194. The maximum atomic E-state index is 12.2. The van der Waals surface area contributed by atoms with Crippen LogP contribution < -0.4 is 4.74 Å². The van der Waals surface area contributed by atoms with E-state index in [0.717, 1.165) is 24.8 Å². The molecule has 124 valence electrons. The lowest BCUT2D eigenvalue weighted by molar-refractivity contribution is 0.0376. The van der Waals surface area contributed by atoms with Crippen molar-refractivity contribution in [3.63, 3.8) is 0 Å². The van der Waals surface area contributed by atoms with Gasteiger partial charge >= 0.3 is 5.97 Å². The summed E-state index contributed by atoms with van der Waals surface area (Å²) in [5.74, 6) is 0.678. The molecule has 0 spiro atoms. The minimum atomic E-state index is -0.396. The van der Waals surface area contributed by atoms with Crippen molar-refractivity contribution in [2.24, 2.45) is 5.92 Å². The molecule has 2 unspecified atom stereocenters. The van der Waals surface area contributed by atoms with E-state index in [1.165, 1.54) is 5.57 Å². The minimum Gasteiger partial charge on any atom is -0.508 e. The zero-order chi connectivity index (χ0) is 16.6. The molecule has 1 aliphatic heterocycles. The summed E-state index contributed by atoms with van der Waals surface area (Å²) in [5.41, 5.74) is 2.17. The monoisotopic (exact) mass is 316 g/mol. The number of esters is 1. The predicted molar refractivity (Wildman–Crippen MR) is 87.9 cm³/mol. The fourth-order valence-electron chi connectivity index (χ4n) is 3.64. The number of phenolic OH excluding ortho intramolecular Hbond substituents is 1. The largest absolute Gasteiger partial charge is 0.508 e. The fourth-order valence-corrected chi connectivity index (χ4v) is 3.64. The summed E-state index contributed by atoms with van der Waals surface area (Å²) < 4.78 is 11.4. The molecule has 0 fully saturated rings. The van der Waals surface area contributed by atoms with Gasteiger partial charge in [0.2, 0.25) is 0 Å². The van der Waals surface area contributed by atoms with Crippen LogP contribution in [0.4, 0.5) is 0 Å². The first-order valence-corrected chi connectivity index (χ1v) is 8.31. The summed E-state index contributed by atoms with van der Waals surface area (Å²) >= 11 is 0. The van der Waals surface area contributed by atoms with Gasteiger partial charge in [-0.25, -0.2) is 4.79 Å². The molecule has 1 N–H and O–H groups in total. The highest BCUT2D eigenvalue weighted by Gasteiger charge is 2.44. The van der Waals surface area contributed by atoms with E-state index in [0.29, 0.717) is 30.3 Å². The Hall–Kier alpha value is -1.97. The normalized spacial score (nSPS) is 26.2. The molecule has 2 atom stereocenters. The van der Waals surface area contributed by atoms with Gasteiger partial charge in [-0.3, -0.25) is 0 Å². The van der Waals surface area contributed by atoms with Gasteiger partial charge in [-0.05, 0) is 52.2 Å². The Balaban J connectivity index is 1.92. The number of carbonyl (C=O) groups excluding carboxylic acids is 1. The van der Waals surface area contributed by atoms with Gasteiger partial charge in [0.15, 0.2) is 0 Å². The third kappa shape index (κ3) is 2.82. The molecule has 23 heavy (non-hydrogen) atoms. The SMILES string of the molecule is CCOC(=O)c1ccc(O)c2c1OC(C)(C1CC=C(C)CC1)C2. The van der Waals surface area contributed by atoms with E-state index in [1.54, 1.807) is 19.1 Å². The van der Waals surface area contributed by atoms with Crippen LogP contribution in [0.25, 0.3) is 0 Å². The van der Waals surface area contributed by atoms with Gasteiger partial charge in [-0.15, -0.1) is 0 Å². The Morgan fingerprint density at radius 2 is 2.26 bits per heavy atom. The van der Waals surface area contributed by atoms with Crippen LogP contribution in [0.15, 0.2) is 23.8 Å². The Morgan fingerprint density at radius 3 is 2.91 bits per heavy atom. The van der Waals surface area contributed by atoms with Gasteiger partial charge in [0.25, 0.3) is 0 Å². The van der Waals surface area contributed by atoms with Crippen LogP contribution in [0.5, 0.6) is 11.5 Å². The highest BCUT2D eigenvalue weighted by atomic mass is 16.5. The van der Waals surface area contributed by atoms with E-state index in [9.17, 15) is 9.90 Å². The lowest BCUT2D eigenvalue weighted by Crippen LogP contribution is -2.40. The van der Waals surface area contributed by atoms with Crippen molar-refractivity contribution in [1.82, 2.24) is 0 Å². The van der Waals surface area contributed by atoms with Crippen LogP contribution in [0, 0.1) is 5.92 Å². The van der Waals surface area contributed by atoms with Gasteiger partial charge in [-0.2, -0.15) is 0 Å². The number of phenols is 1. The van der Waals surface area contributed by atoms with Gasteiger partial charge in [-0.1, -0.05) is 11.6 Å². The zero-order valence-corrected chi connectivity index (χ0v) is 14.0. The van der Waals surface area contributed by atoms with E-state index >= 15 is 0 Å². The summed E-state index contributed by atoms with van der Waals surface area (Å²) in [6.07, 6.45) is 6.03. The predicted octanol–water partition coefficient (Wildman–Crippen LogP) is 4.01. The van der Waals surface area contributed by atoms with Crippen molar-refractivity contribution < 1.29 is 19.4 Å². The van der Waals surface area contributed by atoms with E-state index in [-0.39, 0.29) is 11.4 Å². The number of ether oxygens (including phenoxy) is 2. The first-order chi connectivity index (χ1) is 10.9. The molecular formula is C19H24O4. The molecule has 3 rings (SSSR count). The van der Waals surface area contributed by atoms with Crippen molar-refractivity contribution in [3.8, 4) is 11.5 Å². The first kappa shape index (κ1) is 15.9. The lowest BCUT2D eigenvalue weighted by atomic mass is 9.76. The average Bonchev–Trinajstić information content (AvgIpc) is 2.88. The second kappa shape index (κ2) is 5.91. The van der Waals surface area contributed by atoms with Gasteiger partial charge in [0.05, 0.1) is 6.61 Å². The van der Waals surface area contributed by atoms with E-state index in [2.05, 4.69) is 19.9 Å². The van der Waals surface area contributed by atoms with Crippen LogP contribution in [-0.4, -0.2) is 23.3 Å². The second-order valence-electron chi connectivity index (χ2n) is 6.77. The molecule has 0 saturated heterocycles. The lowest BCUT2D eigenvalue weighted by Gasteiger charge is -2.35. The zero-order valence-electron chi connectivity index (χ0n) is 14.0. The Bertz CT molecular complexity index is 662. The molecule has 0 aromatic heterocycles. The molecule has 4 heteroatoms. The van der Waals surface area contributed by atoms with Crippen molar-refractivity contribution in [2.45, 2.75) is 52.1 Å². The maximum absolute atomic E-state index is 12.2. The number of fused-ring (bicyclic) bond motifs is 1. The van der Waals surface area contributed by atoms with Crippen LogP contribution in [-0.2, 0) is 11.2 Å². The average molecular weight is 316 g/mol. The Labute approximate surface area is 137 Å². The van der Waals surface area contributed by atoms with Gasteiger partial charge in [0.1, 0.15) is 22.7 Å². The summed E-state index contributed by atoms with van der Waals surface area (Å²) in [5, 5.41) is 10.2. The van der Waals surface area contributed by atoms with Crippen LogP contribution in [0.2, 0.25) is 0 Å². The van der Waals surface area contributed by atoms with Gasteiger partial charge < -0.3 is 14.6 Å². The van der Waals surface area contributed by atoms with Crippen molar-refractivity contribution >= 4 is 5.97 Å². The highest BCUT2D eigenvalue weighted by molar-refractivity contribution is 5.93. The molecule has 0 saturated carbocycles. The third-order valence-electron chi connectivity index (χ3n) is 5.10. The number of allylic oxidation sites excluding steroid dienone is 2. The molecule has 1 heterocycles. The molecule has 1 aromatic carbocycles. The van der Waals surface area contributed by atoms with Crippen molar-refractivity contribution in [2.75, 3.05) is 6.61 Å². The molecular weight excluding hydrogens is 292 g/mol. The molecule has 0 bridgehead atoms. The Morgan fingerprint density at radius 1 is 1.48 bits per heavy atom. The molecule has 0 radical (unpaired) electrons. The maximum Gasteiger partial charge on any atom is 0.341 e. The van der Waals surface area contributed by atoms with E-state index < -0.39 is 5.97 Å². The number of benzene rings is 1. The standard InChI is InChI=1S/C19H24O4/c1-4-22-18(21)14-9-10-16(20)15-11-19(3,23-17(14)15)13-7-5-12(2)6-8-13/h5,9-10,13,20H,4,6-8,11H2,1-3H3. The number of hydrogen-bond acceptors (Lipinski definition) is 4. The second-order valence-corrected chi connectivity index (χ2v) is 6.77. The third-order valence-corrected chi connectivity index (χ3v) is 5.10. The summed E-state index contributed by atoms with van der Waals surface area (Å²) in [4.78, 5) is 12.2. The van der Waals surface area contributed by atoms with E-state index in [1.807, 2.05) is 0 Å². The van der Waals surface area contributed by atoms with E-state index in [4.69, 9.17) is 9.47 Å². The smallest absolute Gasteiger partial charge is 0.341 e.